The third kappa shape index (κ3) is 5.71. The fourth-order valence-electron chi connectivity index (χ4n) is 2.44. The molecule has 0 aliphatic carbocycles. The zero-order chi connectivity index (χ0) is 18.1. The van der Waals surface area contributed by atoms with Gasteiger partial charge in [-0.1, -0.05) is 24.3 Å². The molecule has 1 atom stereocenters. The van der Waals surface area contributed by atoms with E-state index in [2.05, 4.69) is 5.32 Å². The highest BCUT2D eigenvalue weighted by molar-refractivity contribution is 5.80. The van der Waals surface area contributed by atoms with E-state index in [1.54, 1.807) is 21.1 Å². The Morgan fingerprint density at radius 2 is 1.76 bits per heavy atom. The molecule has 2 aromatic carbocycles. The van der Waals surface area contributed by atoms with Crippen molar-refractivity contribution in [3.63, 3.8) is 0 Å². The van der Waals surface area contributed by atoms with Crippen molar-refractivity contribution in [2.24, 2.45) is 0 Å². The molecule has 0 fully saturated rings. The highest BCUT2D eigenvalue weighted by Crippen LogP contribution is 2.27. The summed E-state index contributed by atoms with van der Waals surface area (Å²) in [5.41, 5.74) is 1.14. The van der Waals surface area contributed by atoms with Gasteiger partial charge in [0.15, 0.2) is 17.6 Å². The maximum absolute atomic E-state index is 12.1. The van der Waals surface area contributed by atoms with E-state index in [4.69, 9.17) is 14.2 Å². The van der Waals surface area contributed by atoms with Crippen molar-refractivity contribution >= 4 is 5.91 Å². The van der Waals surface area contributed by atoms with Crippen molar-refractivity contribution in [3.8, 4) is 17.2 Å². The second kappa shape index (κ2) is 9.57. The van der Waals surface area contributed by atoms with Gasteiger partial charge in [0.05, 0.1) is 14.2 Å². The highest BCUT2D eigenvalue weighted by atomic mass is 16.5. The number of carbonyl (C=O) groups is 1. The molecular formula is C20H25NO4. The molecule has 5 nitrogen and oxygen atoms in total. The molecule has 134 valence electrons. The number of para-hydroxylation sites is 1. The molecule has 5 heteroatoms. The summed E-state index contributed by atoms with van der Waals surface area (Å²) < 4.78 is 16.1. The van der Waals surface area contributed by atoms with Crippen LogP contribution >= 0.6 is 0 Å². The molecule has 0 unspecified atom stereocenters. The van der Waals surface area contributed by atoms with Crippen LogP contribution in [0, 0.1) is 0 Å². The van der Waals surface area contributed by atoms with Gasteiger partial charge in [0.2, 0.25) is 0 Å². The summed E-state index contributed by atoms with van der Waals surface area (Å²) in [6.45, 7) is 2.34. The molecular weight excluding hydrogens is 318 g/mol. The number of ether oxygens (including phenoxy) is 3. The first kappa shape index (κ1) is 18.6. The van der Waals surface area contributed by atoms with Gasteiger partial charge in [-0.15, -0.1) is 0 Å². The van der Waals surface area contributed by atoms with E-state index in [1.807, 2.05) is 48.5 Å². The minimum absolute atomic E-state index is 0.115. The lowest BCUT2D eigenvalue weighted by molar-refractivity contribution is -0.127. The Kier molecular flexibility index (Phi) is 7.14. The minimum atomic E-state index is -0.525. The summed E-state index contributed by atoms with van der Waals surface area (Å²) in [5, 5.41) is 2.90. The summed E-state index contributed by atoms with van der Waals surface area (Å²) >= 11 is 0. The summed E-state index contributed by atoms with van der Waals surface area (Å²) in [4.78, 5) is 12.1. The minimum Gasteiger partial charge on any atom is -0.493 e. The third-order valence-electron chi connectivity index (χ3n) is 3.81. The second-order valence-electron chi connectivity index (χ2n) is 5.66. The average Bonchev–Trinajstić information content (AvgIpc) is 2.65. The van der Waals surface area contributed by atoms with Crippen LogP contribution in [0.1, 0.15) is 18.9 Å². The van der Waals surface area contributed by atoms with E-state index in [1.165, 1.54) is 0 Å². The number of amides is 1. The number of methoxy groups -OCH3 is 2. The topological polar surface area (TPSA) is 56.8 Å². The first-order valence-electron chi connectivity index (χ1n) is 8.34. The Balaban J connectivity index is 1.74. The van der Waals surface area contributed by atoms with Crippen molar-refractivity contribution in [2.75, 3.05) is 20.8 Å². The van der Waals surface area contributed by atoms with Crippen LogP contribution in [-0.4, -0.2) is 32.8 Å². The fourth-order valence-corrected chi connectivity index (χ4v) is 2.44. The van der Waals surface area contributed by atoms with Gasteiger partial charge in [0.1, 0.15) is 5.75 Å². The molecule has 0 saturated carbocycles. The van der Waals surface area contributed by atoms with E-state index >= 15 is 0 Å². The SMILES string of the molecule is COc1ccc(CCCNC(=O)[C@@H](C)Oc2ccccc2)cc1OC. The number of nitrogens with one attached hydrogen (secondary N) is 1. The molecule has 0 aromatic heterocycles. The summed E-state index contributed by atoms with van der Waals surface area (Å²) in [7, 11) is 3.24. The lowest BCUT2D eigenvalue weighted by Crippen LogP contribution is -2.36. The molecule has 2 aromatic rings. The number of aryl methyl sites for hydroxylation is 1. The van der Waals surface area contributed by atoms with Crippen LogP contribution in [0.25, 0.3) is 0 Å². The normalized spacial score (nSPS) is 11.5. The van der Waals surface area contributed by atoms with E-state index < -0.39 is 6.10 Å². The van der Waals surface area contributed by atoms with Crippen LogP contribution in [0.5, 0.6) is 17.2 Å². The van der Waals surface area contributed by atoms with Crippen LogP contribution in [-0.2, 0) is 11.2 Å². The molecule has 0 heterocycles. The average molecular weight is 343 g/mol. The van der Waals surface area contributed by atoms with E-state index in [-0.39, 0.29) is 5.91 Å². The van der Waals surface area contributed by atoms with Crippen LogP contribution in [0.15, 0.2) is 48.5 Å². The zero-order valence-corrected chi connectivity index (χ0v) is 15.0. The Morgan fingerprint density at radius 3 is 2.44 bits per heavy atom. The standard InChI is InChI=1S/C20H25NO4/c1-15(25-17-9-5-4-6-10-17)20(22)21-13-7-8-16-11-12-18(23-2)19(14-16)24-3/h4-6,9-12,14-15H,7-8,13H2,1-3H3,(H,21,22)/t15-/m1/s1. The van der Waals surface area contributed by atoms with Crippen LogP contribution in [0.2, 0.25) is 0 Å². The fraction of sp³-hybridized carbons (Fsp3) is 0.350. The van der Waals surface area contributed by atoms with Gasteiger partial charge in [0.25, 0.3) is 5.91 Å². The Hall–Kier alpha value is -2.69. The van der Waals surface area contributed by atoms with Crippen molar-refractivity contribution in [1.29, 1.82) is 0 Å². The number of hydrogen-bond acceptors (Lipinski definition) is 4. The molecule has 0 bridgehead atoms. The van der Waals surface area contributed by atoms with Crippen molar-refractivity contribution in [1.82, 2.24) is 5.32 Å². The van der Waals surface area contributed by atoms with Gasteiger partial charge in [0, 0.05) is 6.54 Å². The number of rotatable bonds is 9. The number of hydrogen-bond donors (Lipinski definition) is 1. The summed E-state index contributed by atoms with van der Waals surface area (Å²) in [5.74, 6) is 2.01. The largest absolute Gasteiger partial charge is 0.493 e. The highest BCUT2D eigenvalue weighted by Gasteiger charge is 2.13. The molecule has 0 aliphatic rings. The smallest absolute Gasteiger partial charge is 0.260 e. The molecule has 0 aliphatic heterocycles. The molecule has 0 spiro atoms. The molecule has 1 N–H and O–H groups in total. The molecule has 2 rings (SSSR count). The summed E-state index contributed by atoms with van der Waals surface area (Å²) in [6, 6.07) is 15.2. The number of benzene rings is 2. The van der Waals surface area contributed by atoms with Gasteiger partial charge < -0.3 is 19.5 Å². The molecule has 0 saturated heterocycles. The first-order chi connectivity index (χ1) is 12.1. The van der Waals surface area contributed by atoms with Crippen molar-refractivity contribution in [2.45, 2.75) is 25.9 Å². The monoisotopic (exact) mass is 343 g/mol. The summed E-state index contributed by atoms with van der Waals surface area (Å²) in [6.07, 6.45) is 1.15. The van der Waals surface area contributed by atoms with Crippen LogP contribution in [0.3, 0.4) is 0 Å². The van der Waals surface area contributed by atoms with Gasteiger partial charge >= 0.3 is 0 Å². The molecule has 1 amide bonds. The zero-order valence-electron chi connectivity index (χ0n) is 15.0. The first-order valence-corrected chi connectivity index (χ1v) is 8.34. The van der Waals surface area contributed by atoms with Crippen molar-refractivity contribution in [3.05, 3.63) is 54.1 Å². The quantitative estimate of drug-likeness (QED) is 0.710. The lowest BCUT2D eigenvalue weighted by atomic mass is 10.1. The van der Waals surface area contributed by atoms with Crippen LogP contribution in [0.4, 0.5) is 0 Å². The lowest BCUT2D eigenvalue weighted by Gasteiger charge is -2.14. The Labute approximate surface area is 148 Å². The van der Waals surface area contributed by atoms with Gasteiger partial charge in [-0.3, -0.25) is 4.79 Å². The second-order valence-corrected chi connectivity index (χ2v) is 5.66. The van der Waals surface area contributed by atoms with Crippen LogP contribution < -0.4 is 19.5 Å². The van der Waals surface area contributed by atoms with Gasteiger partial charge in [-0.05, 0) is 49.6 Å². The van der Waals surface area contributed by atoms with Crippen molar-refractivity contribution < 1.29 is 19.0 Å². The van der Waals surface area contributed by atoms with E-state index in [0.717, 1.165) is 18.4 Å². The maximum Gasteiger partial charge on any atom is 0.260 e. The Morgan fingerprint density at radius 1 is 1.04 bits per heavy atom. The number of carbonyl (C=O) groups excluding carboxylic acids is 1. The van der Waals surface area contributed by atoms with Gasteiger partial charge in [-0.25, -0.2) is 0 Å². The molecule has 0 radical (unpaired) electrons. The third-order valence-corrected chi connectivity index (χ3v) is 3.81. The predicted molar refractivity (Wildman–Crippen MR) is 97.4 cm³/mol. The van der Waals surface area contributed by atoms with Gasteiger partial charge in [-0.2, -0.15) is 0 Å². The molecule has 25 heavy (non-hydrogen) atoms. The van der Waals surface area contributed by atoms with E-state index in [0.29, 0.717) is 23.8 Å². The predicted octanol–water partition coefficient (Wildman–Crippen LogP) is 3.22. The maximum atomic E-state index is 12.1. The van der Waals surface area contributed by atoms with E-state index in [9.17, 15) is 4.79 Å². The Bertz CT molecular complexity index is 673.